The van der Waals surface area contributed by atoms with Gasteiger partial charge in [-0.25, -0.2) is 0 Å². The van der Waals surface area contributed by atoms with Crippen molar-refractivity contribution in [2.24, 2.45) is 0 Å². The third kappa shape index (κ3) is 8.84. The van der Waals surface area contributed by atoms with Gasteiger partial charge in [-0.2, -0.15) is 0 Å². The van der Waals surface area contributed by atoms with Crippen LogP contribution < -0.4 is 0 Å². The van der Waals surface area contributed by atoms with Crippen LogP contribution in [0.5, 0.6) is 0 Å². The highest BCUT2D eigenvalue weighted by Crippen LogP contribution is 2.22. The number of hydrogen-bond acceptors (Lipinski definition) is 3. The number of benzene rings is 1. The summed E-state index contributed by atoms with van der Waals surface area (Å²) in [6, 6.07) is 8.30. The molecule has 1 unspecified atom stereocenters. The summed E-state index contributed by atoms with van der Waals surface area (Å²) in [7, 11) is 1.71. The maximum atomic E-state index is 12.4. The molecule has 1 aromatic rings. The average molecular weight is 426 g/mol. The number of methoxy groups -OCH3 is 1. The Labute approximate surface area is 188 Å². The number of carbonyl (C=O) groups excluding carboxylic acids is 1. The largest absolute Gasteiger partial charge is 0.378 e. The van der Waals surface area contributed by atoms with E-state index >= 15 is 0 Å². The van der Waals surface area contributed by atoms with E-state index in [1.807, 2.05) is 25.3 Å². The van der Waals surface area contributed by atoms with Crippen molar-refractivity contribution in [3.63, 3.8) is 0 Å². The molecule has 1 saturated carbocycles. The molecule has 0 aliphatic heterocycles. The van der Waals surface area contributed by atoms with E-state index < -0.39 is 0 Å². The number of ether oxygens (including phenoxy) is 2. The van der Waals surface area contributed by atoms with Crippen LogP contribution in [0.15, 0.2) is 59.8 Å². The molecule has 31 heavy (non-hydrogen) atoms. The van der Waals surface area contributed by atoms with E-state index in [-0.39, 0.29) is 12.0 Å². The van der Waals surface area contributed by atoms with Gasteiger partial charge in [0, 0.05) is 20.2 Å². The van der Waals surface area contributed by atoms with Crippen molar-refractivity contribution in [3.8, 4) is 0 Å². The standard InChI is InChI=1S/C27H39NO3/c1-6-25(20-28(23(4)29)19-24-11-9-10-21(2)18-24)26(15-14-22(3)30-5)16-17-31-27-12-7-8-13-27/h9-11,14-16,18,20,22,27H,6-8,12-13,17,19H2,1-5H3. The fourth-order valence-electron chi connectivity index (χ4n) is 3.77. The van der Waals surface area contributed by atoms with E-state index in [1.54, 1.807) is 18.9 Å². The highest BCUT2D eigenvalue weighted by molar-refractivity contribution is 5.74. The molecule has 170 valence electrons. The number of carbonyl (C=O) groups is 1. The van der Waals surface area contributed by atoms with Crippen molar-refractivity contribution in [3.05, 3.63) is 71.0 Å². The zero-order valence-electron chi connectivity index (χ0n) is 19.9. The molecular formula is C27H39NO3. The van der Waals surface area contributed by atoms with Crippen LogP contribution in [0.3, 0.4) is 0 Å². The maximum absolute atomic E-state index is 12.4. The van der Waals surface area contributed by atoms with Crippen LogP contribution >= 0.6 is 0 Å². The first-order chi connectivity index (χ1) is 14.9. The van der Waals surface area contributed by atoms with Gasteiger partial charge in [-0.15, -0.1) is 0 Å². The van der Waals surface area contributed by atoms with Gasteiger partial charge in [-0.3, -0.25) is 4.79 Å². The van der Waals surface area contributed by atoms with Crippen molar-refractivity contribution in [1.82, 2.24) is 4.90 Å². The highest BCUT2D eigenvalue weighted by atomic mass is 16.5. The number of hydrogen-bond donors (Lipinski definition) is 0. The summed E-state index contributed by atoms with van der Waals surface area (Å²) in [4.78, 5) is 14.2. The van der Waals surface area contributed by atoms with Gasteiger partial charge in [0.25, 0.3) is 0 Å². The lowest BCUT2D eigenvalue weighted by Gasteiger charge is -2.20. The first kappa shape index (κ1) is 25.1. The lowest BCUT2D eigenvalue weighted by molar-refractivity contribution is -0.126. The van der Waals surface area contributed by atoms with E-state index in [1.165, 1.54) is 18.4 Å². The van der Waals surface area contributed by atoms with Crippen LogP contribution in [0.1, 0.15) is 64.0 Å². The molecule has 1 fully saturated rings. The third-order valence-electron chi connectivity index (χ3n) is 5.76. The minimum absolute atomic E-state index is 0.0217. The van der Waals surface area contributed by atoms with Crippen LogP contribution in [0.2, 0.25) is 0 Å². The van der Waals surface area contributed by atoms with Crippen LogP contribution in [0, 0.1) is 6.92 Å². The van der Waals surface area contributed by atoms with Crippen LogP contribution in [0.4, 0.5) is 0 Å². The monoisotopic (exact) mass is 425 g/mol. The van der Waals surface area contributed by atoms with Crippen molar-refractivity contribution in [2.75, 3.05) is 13.7 Å². The van der Waals surface area contributed by atoms with Gasteiger partial charge in [0.2, 0.25) is 5.91 Å². The van der Waals surface area contributed by atoms with E-state index in [9.17, 15) is 4.79 Å². The van der Waals surface area contributed by atoms with Gasteiger partial charge in [-0.05, 0) is 49.8 Å². The van der Waals surface area contributed by atoms with Gasteiger partial charge in [-0.1, -0.05) is 67.8 Å². The predicted octanol–water partition coefficient (Wildman–Crippen LogP) is 6.11. The van der Waals surface area contributed by atoms with Crippen molar-refractivity contribution >= 4 is 5.91 Å². The maximum Gasteiger partial charge on any atom is 0.223 e. The van der Waals surface area contributed by atoms with E-state index in [0.717, 1.165) is 36.0 Å². The number of nitrogens with zero attached hydrogens (tertiary/aromatic N) is 1. The summed E-state index contributed by atoms with van der Waals surface area (Å²) in [5.41, 5.74) is 4.51. The Morgan fingerprint density at radius 2 is 2.03 bits per heavy atom. The van der Waals surface area contributed by atoms with Gasteiger partial charge in [0.05, 0.1) is 25.4 Å². The van der Waals surface area contributed by atoms with Crippen LogP contribution in [-0.4, -0.2) is 36.7 Å². The van der Waals surface area contributed by atoms with Gasteiger partial charge in [0.15, 0.2) is 0 Å². The second-order valence-electron chi connectivity index (χ2n) is 8.34. The zero-order valence-corrected chi connectivity index (χ0v) is 19.9. The Morgan fingerprint density at radius 3 is 2.65 bits per heavy atom. The van der Waals surface area contributed by atoms with E-state index in [4.69, 9.17) is 9.47 Å². The van der Waals surface area contributed by atoms with E-state index in [2.05, 4.69) is 44.2 Å². The number of allylic oxidation sites excluding steroid dienone is 3. The smallest absolute Gasteiger partial charge is 0.223 e. The fourth-order valence-corrected chi connectivity index (χ4v) is 3.77. The molecule has 0 bridgehead atoms. The summed E-state index contributed by atoms with van der Waals surface area (Å²) in [6.07, 6.45) is 14.3. The topological polar surface area (TPSA) is 38.8 Å². The Kier molecular flexibility index (Phi) is 10.8. The number of rotatable bonds is 11. The summed E-state index contributed by atoms with van der Waals surface area (Å²) in [6.45, 7) is 8.97. The van der Waals surface area contributed by atoms with Gasteiger partial charge in [0.1, 0.15) is 0 Å². The number of aryl methyl sites for hydroxylation is 1. The highest BCUT2D eigenvalue weighted by Gasteiger charge is 2.15. The molecule has 2 rings (SSSR count). The summed E-state index contributed by atoms with van der Waals surface area (Å²) in [5.74, 6) is 0.0308. The fraction of sp³-hybridized carbons (Fsp3) is 0.519. The molecule has 0 spiro atoms. The molecule has 1 aliphatic carbocycles. The normalized spacial score (nSPS) is 16.8. The van der Waals surface area contributed by atoms with Gasteiger partial charge >= 0.3 is 0 Å². The minimum Gasteiger partial charge on any atom is -0.378 e. The molecule has 1 aliphatic rings. The Morgan fingerprint density at radius 1 is 1.29 bits per heavy atom. The van der Waals surface area contributed by atoms with Crippen molar-refractivity contribution in [2.45, 2.75) is 78.6 Å². The Hall–Kier alpha value is -2.17. The lowest BCUT2D eigenvalue weighted by atomic mass is 10.0. The lowest BCUT2D eigenvalue weighted by Crippen LogP contribution is -2.23. The third-order valence-corrected chi connectivity index (χ3v) is 5.76. The second kappa shape index (κ2) is 13.3. The molecule has 1 atom stereocenters. The minimum atomic E-state index is 0.0217. The second-order valence-corrected chi connectivity index (χ2v) is 8.34. The van der Waals surface area contributed by atoms with Crippen LogP contribution in [0.25, 0.3) is 0 Å². The molecule has 1 amide bonds. The molecule has 0 saturated heterocycles. The molecule has 0 N–H and O–H groups in total. The average Bonchev–Trinajstić information content (AvgIpc) is 3.27. The predicted molar refractivity (Wildman–Crippen MR) is 128 cm³/mol. The van der Waals surface area contributed by atoms with Crippen LogP contribution in [-0.2, 0) is 20.8 Å². The van der Waals surface area contributed by atoms with E-state index in [0.29, 0.717) is 19.3 Å². The van der Waals surface area contributed by atoms with Crippen molar-refractivity contribution < 1.29 is 14.3 Å². The quantitative estimate of drug-likeness (QED) is 0.401. The summed E-state index contributed by atoms with van der Waals surface area (Å²) < 4.78 is 11.5. The molecule has 0 aromatic heterocycles. The molecule has 0 heterocycles. The Bertz CT molecular complexity index is 787. The molecule has 4 heteroatoms. The molecule has 1 aromatic carbocycles. The number of amides is 1. The Balaban J connectivity index is 2.25. The molecule has 0 radical (unpaired) electrons. The van der Waals surface area contributed by atoms with Gasteiger partial charge < -0.3 is 14.4 Å². The zero-order chi connectivity index (χ0) is 22.6. The molecule has 4 nitrogen and oxygen atoms in total. The first-order valence-corrected chi connectivity index (χ1v) is 11.5. The summed E-state index contributed by atoms with van der Waals surface area (Å²) in [5, 5.41) is 0. The SMILES string of the molecule is CCC(=CN(Cc1cccc(C)c1)C(C)=O)C(C=CC(C)OC)=CCOC1CCCC1. The summed E-state index contributed by atoms with van der Waals surface area (Å²) >= 11 is 0. The first-order valence-electron chi connectivity index (χ1n) is 11.5. The van der Waals surface area contributed by atoms with Crippen molar-refractivity contribution in [1.29, 1.82) is 0 Å². The molecular weight excluding hydrogens is 386 g/mol.